The first kappa shape index (κ1) is 35.3. The van der Waals surface area contributed by atoms with E-state index in [4.69, 9.17) is 11.5 Å². The van der Waals surface area contributed by atoms with E-state index in [1.54, 1.807) is 0 Å². The fourth-order valence-electron chi connectivity index (χ4n) is 4.66. The van der Waals surface area contributed by atoms with Crippen LogP contribution in [-0.4, -0.2) is 62.2 Å². The van der Waals surface area contributed by atoms with Crippen LogP contribution in [0.5, 0.6) is 0 Å². The van der Waals surface area contributed by atoms with Crippen molar-refractivity contribution in [2.45, 2.75) is 129 Å². The molecule has 0 atom stereocenters. The largest absolute Gasteiger partial charge is 0.330 e. The molecule has 0 aliphatic rings. The molecule has 4 N–H and O–H groups in total. The van der Waals surface area contributed by atoms with E-state index in [1.807, 2.05) is 0 Å². The minimum Gasteiger partial charge on any atom is -0.330 e. The van der Waals surface area contributed by atoms with Crippen LogP contribution in [-0.2, 0) is 0 Å². The summed E-state index contributed by atoms with van der Waals surface area (Å²) in [6.07, 6.45) is 33.3. The van der Waals surface area contributed by atoms with Crippen molar-refractivity contribution in [2.75, 3.05) is 52.4 Å². The van der Waals surface area contributed by atoms with E-state index in [-0.39, 0.29) is 0 Å². The average Bonchev–Trinajstić information content (AvgIpc) is 2.89. The second kappa shape index (κ2) is 30.5. The Kier molecular flexibility index (Phi) is 30.0. The molecule has 0 aromatic rings. The van der Waals surface area contributed by atoms with Gasteiger partial charge in [0.05, 0.1) is 0 Å². The predicted molar refractivity (Wildman–Crippen MR) is 164 cm³/mol. The summed E-state index contributed by atoms with van der Waals surface area (Å²) in [5.74, 6) is 0. The summed E-state index contributed by atoms with van der Waals surface area (Å²) in [7, 11) is 0. The Balaban J connectivity index is 4.12. The molecule has 0 aliphatic carbocycles. The van der Waals surface area contributed by atoms with Crippen LogP contribution >= 0.6 is 0 Å². The molecule has 0 spiro atoms. The van der Waals surface area contributed by atoms with Gasteiger partial charge in [-0.15, -0.1) is 0 Å². The van der Waals surface area contributed by atoms with Gasteiger partial charge in [-0.25, -0.2) is 0 Å². The third-order valence-electron chi connectivity index (χ3n) is 7.06. The maximum atomic E-state index is 5.80. The lowest BCUT2D eigenvalue weighted by molar-refractivity contribution is 0.263. The van der Waals surface area contributed by atoms with Crippen LogP contribution in [0.4, 0.5) is 0 Å². The highest BCUT2D eigenvalue weighted by molar-refractivity contribution is 4.86. The Morgan fingerprint density at radius 2 is 0.778 bits per heavy atom. The molecule has 0 saturated heterocycles. The lowest BCUT2D eigenvalue weighted by atomic mass is 10.1. The average molecular weight is 507 g/mol. The molecule has 0 heterocycles. The number of hydrogen-bond acceptors (Lipinski definition) is 4. The fraction of sp³-hybridized carbons (Fsp3) is 0.875. The molecule has 214 valence electrons. The zero-order valence-electron chi connectivity index (χ0n) is 24.7. The minimum atomic E-state index is 0.788. The van der Waals surface area contributed by atoms with Crippen molar-refractivity contribution in [2.24, 2.45) is 11.5 Å². The summed E-state index contributed by atoms with van der Waals surface area (Å²) < 4.78 is 0. The van der Waals surface area contributed by atoms with Crippen molar-refractivity contribution in [1.29, 1.82) is 0 Å². The van der Waals surface area contributed by atoms with Crippen molar-refractivity contribution in [3.8, 4) is 0 Å². The molecule has 0 radical (unpaired) electrons. The van der Waals surface area contributed by atoms with Crippen molar-refractivity contribution < 1.29 is 0 Å². The summed E-state index contributed by atoms with van der Waals surface area (Å²) in [6, 6.07) is 0. The molecule has 0 aromatic carbocycles. The molecule has 36 heavy (non-hydrogen) atoms. The van der Waals surface area contributed by atoms with Crippen LogP contribution in [0, 0.1) is 0 Å². The summed E-state index contributed by atoms with van der Waals surface area (Å²) in [6.45, 7) is 12.9. The quantitative estimate of drug-likeness (QED) is 0.0806. The van der Waals surface area contributed by atoms with Gasteiger partial charge in [0.1, 0.15) is 0 Å². The van der Waals surface area contributed by atoms with E-state index in [0.29, 0.717) is 0 Å². The van der Waals surface area contributed by atoms with E-state index in [9.17, 15) is 0 Å². The number of allylic oxidation sites excluding steroid dienone is 2. The lowest BCUT2D eigenvalue weighted by Gasteiger charge is -2.23. The smallest absolute Gasteiger partial charge is 0.0163 e. The SMILES string of the molecule is CCCCCCCCC=CCN(CCCN)CCCCN(CC=CCCCCCCCC)CCCN. The zero-order chi connectivity index (χ0) is 26.4. The first-order chi connectivity index (χ1) is 17.8. The monoisotopic (exact) mass is 507 g/mol. The molecular weight excluding hydrogens is 440 g/mol. The van der Waals surface area contributed by atoms with Gasteiger partial charge in [0.15, 0.2) is 0 Å². The Bertz CT molecular complexity index is 421. The third kappa shape index (κ3) is 26.4. The van der Waals surface area contributed by atoms with Crippen LogP contribution in [0.3, 0.4) is 0 Å². The van der Waals surface area contributed by atoms with Gasteiger partial charge in [0.25, 0.3) is 0 Å². The molecule has 0 bridgehead atoms. The molecule has 4 nitrogen and oxygen atoms in total. The molecule has 0 aromatic heterocycles. The standard InChI is InChI=1S/C32H66N4/c1-3-5-7-9-11-13-15-17-19-27-35(31-23-25-33)29-21-22-30-36(32-24-26-34)28-20-18-16-14-12-10-8-6-4-2/h17-20H,3-16,21-34H2,1-2H3. The first-order valence-electron chi connectivity index (χ1n) is 15.9. The van der Waals surface area contributed by atoms with E-state index >= 15 is 0 Å². The van der Waals surface area contributed by atoms with Crippen LogP contribution in [0.1, 0.15) is 129 Å². The zero-order valence-corrected chi connectivity index (χ0v) is 24.7. The molecule has 0 aliphatic heterocycles. The van der Waals surface area contributed by atoms with Crippen LogP contribution in [0.25, 0.3) is 0 Å². The van der Waals surface area contributed by atoms with Gasteiger partial charge < -0.3 is 11.5 Å². The summed E-state index contributed by atoms with van der Waals surface area (Å²) >= 11 is 0. The highest BCUT2D eigenvalue weighted by atomic mass is 15.1. The number of rotatable bonds is 29. The second-order valence-corrected chi connectivity index (χ2v) is 10.6. The van der Waals surface area contributed by atoms with Crippen molar-refractivity contribution in [3.05, 3.63) is 24.3 Å². The fourth-order valence-corrected chi connectivity index (χ4v) is 4.66. The number of unbranched alkanes of at least 4 members (excludes halogenated alkanes) is 13. The van der Waals surface area contributed by atoms with E-state index < -0.39 is 0 Å². The topological polar surface area (TPSA) is 58.5 Å². The van der Waals surface area contributed by atoms with Gasteiger partial charge in [-0.05, 0) is 90.6 Å². The minimum absolute atomic E-state index is 0.788. The van der Waals surface area contributed by atoms with Gasteiger partial charge >= 0.3 is 0 Å². The normalized spacial score (nSPS) is 12.3. The molecule has 0 rings (SSSR count). The molecule has 0 saturated carbocycles. The number of nitrogens with zero attached hydrogens (tertiary/aromatic N) is 2. The maximum absolute atomic E-state index is 5.80. The van der Waals surface area contributed by atoms with Crippen LogP contribution < -0.4 is 11.5 Å². The van der Waals surface area contributed by atoms with Crippen molar-refractivity contribution in [3.63, 3.8) is 0 Å². The molecular formula is C32H66N4. The Morgan fingerprint density at radius 1 is 0.417 bits per heavy atom. The molecule has 0 amide bonds. The summed E-state index contributed by atoms with van der Waals surface area (Å²) in [4.78, 5) is 5.19. The van der Waals surface area contributed by atoms with E-state index in [0.717, 1.165) is 52.1 Å². The molecule has 4 heteroatoms. The summed E-state index contributed by atoms with van der Waals surface area (Å²) in [5, 5.41) is 0. The maximum Gasteiger partial charge on any atom is 0.0163 e. The van der Waals surface area contributed by atoms with E-state index in [2.05, 4.69) is 48.0 Å². The highest BCUT2D eigenvalue weighted by Gasteiger charge is 2.05. The summed E-state index contributed by atoms with van der Waals surface area (Å²) in [5.41, 5.74) is 11.6. The van der Waals surface area contributed by atoms with Crippen molar-refractivity contribution in [1.82, 2.24) is 9.80 Å². The third-order valence-corrected chi connectivity index (χ3v) is 7.06. The molecule has 0 fully saturated rings. The van der Waals surface area contributed by atoms with Gasteiger partial charge in [-0.2, -0.15) is 0 Å². The Hall–Kier alpha value is -0.680. The molecule has 0 unspecified atom stereocenters. The Morgan fingerprint density at radius 3 is 1.17 bits per heavy atom. The van der Waals surface area contributed by atoms with Gasteiger partial charge in [-0.1, -0.05) is 102 Å². The van der Waals surface area contributed by atoms with Crippen LogP contribution in [0.2, 0.25) is 0 Å². The van der Waals surface area contributed by atoms with Gasteiger partial charge in [0, 0.05) is 13.1 Å². The first-order valence-corrected chi connectivity index (χ1v) is 15.9. The van der Waals surface area contributed by atoms with Gasteiger partial charge in [0.2, 0.25) is 0 Å². The number of nitrogens with two attached hydrogens (primary N) is 2. The second-order valence-electron chi connectivity index (χ2n) is 10.6. The van der Waals surface area contributed by atoms with E-state index in [1.165, 1.54) is 116 Å². The van der Waals surface area contributed by atoms with Gasteiger partial charge in [-0.3, -0.25) is 9.80 Å². The number of hydrogen-bond donors (Lipinski definition) is 2. The lowest BCUT2D eigenvalue weighted by Crippen LogP contribution is -2.30. The Labute approximate surface area is 227 Å². The van der Waals surface area contributed by atoms with Crippen LogP contribution in [0.15, 0.2) is 24.3 Å². The predicted octanol–water partition coefficient (Wildman–Crippen LogP) is 7.68. The van der Waals surface area contributed by atoms with Crippen molar-refractivity contribution >= 4 is 0 Å². The highest BCUT2D eigenvalue weighted by Crippen LogP contribution is 2.09.